The van der Waals surface area contributed by atoms with Crippen molar-refractivity contribution in [1.29, 1.82) is 0 Å². The first-order valence-electron chi connectivity index (χ1n) is 6.59. The van der Waals surface area contributed by atoms with Crippen LogP contribution in [0.4, 0.5) is 0 Å². The molecule has 3 rings (SSSR count). The van der Waals surface area contributed by atoms with Crippen LogP contribution in [0.25, 0.3) is 5.65 Å². The van der Waals surface area contributed by atoms with Crippen molar-refractivity contribution >= 4 is 11.6 Å². The van der Waals surface area contributed by atoms with Crippen LogP contribution in [0.1, 0.15) is 25.1 Å². The van der Waals surface area contributed by atoms with E-state index in [-0.39, 0.29) is 29.6 Å². The lowest BCUT2D eigenvalue weighted by molar-refractivity contribution is -0.125. The highest BCUT2D eigenvalue weighted by atomic mass is 16.2. The Hall–Kier alpha value is -2.44. The molecule has 0 fully saturated rings. The van der Waals surface area contributed by atoms with Gasteiger partial charge in [0.2, 0.25) is 11.6 Å². The molecule has 1 aliphatic rings. The molecular formula is C13H15N5O2. The molecule has 7 nitrogen and oxygen atoms in total. The molecule has 0 unspecified atom stereocenters. The number of hydrogen-bond acceptors (Lipinski definition) is 4. The lowest BCUT2D eigenvalue weighted by Crippen LogP contribution is -2.31. The van der Waals surface area contributed by atoms with Crippen LogP contribution in [0, 0.1) is 5.92 Å². The van der Waals surface area contributed by atoms with Crippen molar-refractivity contribution < 1.29 is 4.79 Å². The average molecular weight is 273 g/mol. The predicted molar refractivity (Wildman–Crippen MR) is 71.9 cm³/mol. The number of rotatable bonds is 3. The van der Waals surface area contributed by atoms with E-state index >= 15 is 0 Å². The Kier molecular flexibility index (Phi) is 3.32. The third-order valence-electron chi connectivity index (χ3n) is 3.47. The molecule has 2 aromatic rings. The van der Waals surface area contributed by atoms with E-state index in [4.69, 9.17) is 0 Å². The lowest BCUT2D eigenvalue weighted by atomic mass is 9.94. The maximum Gasteiger partial charge on any atom is 0.293 e. The topological polar surface area (TPSA) is 92.2 Å². The van der Waals surface area contributed by atoms with Gasteiger partial charge in [-0.25, -0.2) is 0 Å². The van der Waals surface area contributed by atoms with E-state index < -0.39 is 0 Å². The predicted octanol–water partition coefficient (Wildman–Crippen LogP) is 0.390. The minimum Gasteiger partial charge on any atom is -0.349 e. The summed E-state index contributed by atoms with van der Waals surface area (Å²) < 4.78 is 1.58. The molecule has 0 aromatic carbocycles. The zero-order valence-corrected chi connectivity index (χ0v) is 10.9. The minimum absolute atomic E-state index is 0.0240. The summed E-state index contributed by atoms with van der Waals surface area (Å²) in [4.78, 5) is 26.1. The Balaban J connectivity index is 1.71. The average Bonchev–Trinajstić information content (AvgIpc) is 2.90. The normalized spacial score (nSPS) is 18.3. The fourth-order valence-electron chi connectivity index (χ4n) is 2.35. The Morgan fingerprint density at radius 3 is 3.15 bits per heavy atom. The third-order valence-corrected chi connectivity index (χ3v) is 3.47. The van der Waals surface area contributed by atoms with Crippen LogP contribution in [0.15, 0.2) is 29.3 Å². The van der Waals surface area contributed by atoms with Gasteiger partial charge in [-0.15, -0.1) is 10.2 Å². The van der Waals surface area contributed by atoms with Gasteiger partial charge in [0.1, 0.15) is 0 Å². The number of aromatic amines is 1. The summed E-state index contributed by atoms with van der Waals surface area (Å²) in [5.74, 6) is 0.601. The molecule has 20 heavy (non-hydrogen) atoms. The number of carbonyl (C=O) groups excluding carboxylic acids is 1. The molecule has 1 amide bonds. The Morgan fingerprint density at radius 2 is 2.35 bits per heavy atom. The van der Waals surface area contributed by atoms with Gasteiger partial charge in [-0.1, -0.05) is 12.2 Å². The standard InChI is InChI=1S/C13H15N5O2/c19-12(9-4-2-1-3-5-9)15-8-10-16-17-11-13(20)14-6-7-18(10)11/h1-2,6-7,9H,3-5,8H2,(H,14,20)(H,15,19)/t9-/m1/s1. The molecule has 2 heterocycles. The molecule has 2 aromatic heterocycles. The fourth-order valence-corrected chi connectivity index (χ4v) is 2.35. The number of H-pyrrole nitrogens is 1. The second-order valence-electron chi connectivity index (χ2n) is 4.80. The van der Waals surface area contributed by atoms with Gasteiger partial charge in [-0.3, -0.25) is 14.0 Å². The first-order chi connectivity index (χ1) is 9.75. The first kappa shape index (κ1) is 12.6. The Bertz CT molecular complexity index is 715. The molecule has 1 atom stereocenters. The minimum atomic E-state index is -0.296. The maximum absolute atomic E-state index is 12.0. The molecule has 104 valence electrons. The SMILES string of the molecule is O=C(NCc1nnc2c(=O)[nH]ccn12)[C@@H]1CC=CCC1. The van der Waals surface area contributed by atoms with Gasteiger partial charge in [0, 0.05) is 18.3 Å². The number of allylic oxidation sites excluding steroid dienone is 2. The molecule has 7 heteroatoms. The van der Waals surface area contributed by atoms with Crippen molar-refractivity contribution in [2.75, 3.05) is 0 Å². The summed E-state index contributed by atoms with van der Waals surface area (Å²) in [6.07, 6.45) is 9.94. The van der Waals surface area contributed by atoms with E-state index in [0.29, 0.717) is 5.82 Å². The first-order valence-corrected chi connectivity index (χ1v) is 6.59. The van der Waals surface area contributed by atoms with E-state index in [2.05, 4.69) is 26.6 Å². The van der Waals surface area contributed by atoms with Gasteiger partial charge in [0.05, 0.1) is 6.54 Å². The largest absolute Gasteiger partial charge is 0.349 e. The van der Waals surface area contributed by atoms with Crippen molar-refractivity contribution in [3.05, 3.63) is 40.7 Å². The number of amides is 1. The fraction of sp³-hybridized carbons (Fsp3) is 0.385. The summed E-state index contributed by atoms with van der Waals surface area (Å²) >= 11 is 0. The van der Waals surface area contributed by atoms with E-state index in [1.807, 2.05) is 6.08 Å². The van der Waals surface area contributed by atoms with Crippen LogP contribution in [-0.4, -0.2) is 25.5 Å². The highest BCUT2D eigenvalue weighted by Crippen LogP contribution is 2.18. The molecule has 0 radical (unpaired) electrons. The zero-order valence-electron chi connectivity index (χ0n) is 10.9. The molecule has 0 bridgehead atoms. The van der Waals surface area contributed by atoms with Crippen LogP contribution < -0.4 is 10.9 Å². The van der Waals surface area contributed by atoms with Crippen LogP contribution in [0.3, 0.4) is 0 Å². The molecule has 0 saturated heterocycles. The van der Waals surface area contributed by atoms with Crippen LogP contribution in [-0.2, 0) is 11.3 Å². The van der Waals surface area contributed by atoms with Crippen molar-refractivity contribution in [3.8, 4) is 0 Å². The molecule has 0 saturated carbocycles. The third kappa shape index (κ3) is 2.34. The van der Waals surface area contributed by atoms with E-state index in [1.165, 1.54) is 6.20 Å². The molecule has 2 N–H and O–H groups in total. The zero-order chi connectivity index (χ0) is 13.9. The highest BCUT2D eigenvalue weighted by Gasteiger charge is 2.19. The smallest absolute Gasteiger partial charge is 0.293 e. The van der Waals surface area contributed by atoms with Gasteiger partial charge in [0.25, 0.3) is 5.56 Å². The lowest BCUT2D eigenvalue weighted by Gasteiger charge is -2.16. The highest BCUT2D eigenvalue weighted by molar-refractivity contribution is 5.78. The second kappa shape index (κ2) is 5.28. The van der Waals surface area contributed by atoms with E-state index in [9.17, 15) is 9.59 Å². The number of hydrogen-bond donors (Lipinski definition) is 2. The van der Waals surface area contributed by atoms with Crippen LogP contribution >= 0.6 is 0 Å². The summed E-state index contributed by atoms with van der Waals surface area (Å²) in [6, 6.07) is 0. The van der Waals surface area contributed by atoms with Crippen LogP contribution in [0.2, 0.25) is 0 Å². The summed E-state index contributed by atoms with van der Waals surface area (Å²) in [6.45, 7) is 0.268. The van der Waals surface area contributed by atoms with Crippen molar-refractivity contribution in [1.82, 2.24) is 24.9 Å². The summed E-state index contributed by atoms with van der Waals surface area (Å²) in [5, 5.41) is 10.6. The second-order valence-corrected chi connectivity index (χ2v) is 4.80. The number of carbonyl (C=O) groups is 1. The van der Waals surface area contributed by atoms with E-state index in [0.717, 1.165) is 19.3 Å². The number of fused-ring (bicyclic) bond motifs is 1. The van der Waals surface area contributed by atoms with Gasteiger partial charge in [0.15, 0.2) is 5.82 Å². The monoisotopic (exact) mass is 273 g/mol. The van der Waals surface area contributed by atoms with Gasteiger partial charge >= 0.3 is 0 Å². The number of aromatic nitrogens is 4. The summed E-state index contributed by atoms with van der Waals surface area (Å²) in [7, 11) is 0. The molecule has 0 spiro atoms. The van der Waals surface area contributed by atoms with Crippen molar-refractivity contribution in [2.24, 2.45) is 5.92 Å². The van der Waals surface area contributed by atoms with E-state index in [1.54, 1.807) is 10.6 Å². The Morgan fingerprint density at radius 1 is 1.45 bits per heavy atom. The van der Waals surface area contributed by atoms with Crippen molar-refractivity contribution in [3.63, 3.8) is 0 Å². The maximum atomic E-state index is 12.0. The van der Waals surface area contributed by atoms with Crippen molar-refractivity contribution in [2.45, 2.75) is 25.8 Å². The number of nitrogens with one attached hydrogen (secondary N) is 2. The van der Waals surface area contributed by atoms with Gasteiger partial charge in [-0.05, 0) is 19.3 Å². The molecule has 1 aliphatic carbocycles. The van der Waals surface area contributed by atoms with Gasteiger partial charge < -0.3 is 10.3 Å². The number of nitrogens with zero attached hydrogens (tertiary/aromatic N) is 3. The molecular weight excluding hydrogens is 258 g/mol. The quantitative estimate of drug-likeness (QED) is 0.791. The molecule has 0 aliphatic heterocycles. The van der Waals surface area contributed by atoms with Crippen LogP contribution in [0.5, 0.6) is 0 Å². The summed E-state index contributed by atoms with van der Waals surface area (Å²) in [5.41, 5.74) is -0.0626. The van der Waals surface area contributed by atoms with Gasteiger partial charge in [-0.2, -0.15) is 0 Å². The Labute approximate surface area is 114 Å².